The third kappa shape index (κ3) is 2.72. The summed E-state index contributed by atoms with van der Waals surface area (Å²) in [5, 5.41) is 11.2. The highest BCUT2D eigenvalue weighted by Crippen LogP contribution is 2.06. The lowest BCUT2D eigenvalue weighted by Crippen LogP contribution is -2.59. The fraction of sp³-hybridized carbons (Fsp3) is 0.444. The van der Waals surface area contributed by atoms with Crippen LogP contribution in [-0.2, 0) is 14.3 Å². The molecule has 2 N–H and O–H groups in total. The molecule has 1 aliphatic rings. The third-order valence-electron chi connectivity index (χ3n) is 2.03. The predicted molar refractivity (Wildman–Crippen MR) is 52.7 cm³/mol. The fourth-order valence-electron chi connectivity index (χ4n) is 1.27. The highest BCUT2D eigenvalue weighted by atomic mass is 16.6. The second-order valence-corrected chi connectivity index (χ2v) is 3.15. The zero-order valence-electron chi connectivity index (χ0n) is 8.51. The van der Waals surface area contributed by atoms with E-state index in [1.165, 1.54) is 6.08 Å². The number of nitrogens with zero attached hydrogens (tertiary/aromatic N) is 1. The molecule has 1 unspecified atom stereocenters. The van der Waals surface area contributed by atoms with E-state index in [-0.39, 0.29) is 19.7 Å². The van der Waals surface area contributed by atoms with Gasteiger partial charge in [0.05, 0.1) is 0 Å². The number of aliphatic carboxylic acids is 1. The molecular formula is C9H12N2O5. The first-order valence-electron chi connectivity index (χ1n) is 4.60. The minimum Gasteiger partial charge on any atom is -0.480 e. The van der Waals surface area contributed by atoms with Gasteiger partial charge in [-0.25, -0.2) is 9.59 Å². The van der Waals surface area contributed by atoms with E-state index in [2.05, 4.69) is 16.6 Å². The number of amides is 2. The minimum atomic E-state index is -1.18. The molecule has 1 rings (SSSR count). The molecule has 16 heavy (non-hydrogen) atoms. The number of nitrogens with one attached hydrogen (secondary N) is 1. The van der Waals surface area contributed by atoms with Crippen LogP contribution in [0.4, 0.5) is 4.79 Å². The Bertz CT molecular complexity index is 328. The molecule has 0 bridgehead atoms. The van der Waals surface area contributed by atoms with E-state index in [0.717, 1.165) is 4.90 Å². The van der Waals surface area contributed by atoms with Crippen LogP contribution in [0.25, 0.3) is 0 Å². The second kappa shape index (κ2) is 5.15. The van der Waals surface area contributed by atoms with Crippen LogP contribution in [0.2, 0.25) is 0 Å². The van der Waals surface area contributed by atoms with Gasteiger partial charge in [0, 0.05) is 6.54 Å². The summed E-state index contributed by atoms with van der Waals surface area (Å²) in [4.78, 5) is 34.2. The molecule has 0 aromatic carbocycles. The topological polar surface area (TPSA) is 95.9 Å². The quantitative estimate of drug-likeness (QED) is 0.616. The third-order valence-corrected chi connectivity index (χ3v) is 2.03. The Balaban J connectivity index is 2.70. The minimum absolute atomic E-state index is 0.0245. The molecule has 88 valence electrons. The molecule has 0 spiro atoms. The van der Waals surface area contributed by atoms with Gasteiger partial charge in [0.25, 0.3) is 0 Å². The van der Waals surface area contributed by atoms with Gasteiger partial charge in [0.1, 0.15) is 13.2 Å². The average molecular weight is 228 g/mol. The van der Waals surface area contributed by atoms with Crippen LogP contribution < -0.4 is 5.32 Å². The Labute approximate surface area is 91.7 Å². The number of carboxylic acids is 1. The smallest absolute Gasteiger partial charge is 0.411 e. The Kier molecular flexibility index (Phi) is 3.87. The van der Waals surface area contributed by atoms with Crippen LogP contribution >= 0.6 is 0 Å². The summed E-state index contributed by atoms with van der Waals surface area (Å²) in [6, 6.07) is -1.09. The van der Waals surface area contributed by atoms with Crippen molar-refractivity contribution < 1.29 is 24.2 Å². The maximum atomic E-state index is 11.4. The Morgan fingerprint density at radius 3 is 2.94 bits per heavy atom. The van der Waals surface area contributed by atoms with E-state index in [1.807, 2.05) is 0 Å². The van der Waals surface area contributed by atoms with Crippen molar-refractivity contribution in [2.24, 2.45) is 0 Å². The molecule has 7 heteroatoms. The molecule has 1 heterocycles. The predicted octanol–water partition coefficient (Wildman–Crippen LogP) is -0.806. The van der Waals surface area contributed by atoms with Crippen molar-refractivity contribution in [2.45, 2.75) is 6.04 Å². The molecule has 2 amide bonds. The van der Waals surface area contributed by atoms with Crippen LogP contribution in [0.1, 0.15) is 0 Å². The maximum absolute atomic E-state index is 11.4. The van der Waals surface area contributed by atoms with Crippen molar-refractivity contribution >= 4 is 18.0 Å². The van der Waals surface area contributed by atoms with Crippen LogP contribution in [0, 0.1) is 0 Å². The van der Waals surface area contributed by atoms with E-state index in [4.69, 9.17) is 5.11 Å². The van der Waals surface area contributed by atoms with E-state index >= 15 is 0 Å². The van der Waals surface area contributed by atoms with E-state index < -0.39 is 24.0 Å². The molecule has 0 aromatic heterocycles. The Morgan fingerprint density at radius 2 is 2.38 bits per heavy atom. The van der Waals surface area contributed by atoms with Crippen LogP contribution in [-0.4, -0.2) is 53.7 Å². The standard InChI is InChI=1S/C9H12N2O5/c1-2-3-16-9(15)11-5-7(12)10-4-6(11)8(13)14/h2,6H,1,3-5H2,(H,10,12)(H,13,14). The molecule has 1 atom stereocenters. The van der Waals surface area contributed by atoms with E-state index in [9.17, 15) is 14.4 Å². The van der Waals surface area contributed by atoms with Crippen molar-refractivity contribution in [1.29, 1.82) is 0 Å². The first-order chi connectivity index (χ1) is 7.56. The van der Waals surface area contributed by atoms with Gasteiger partial charge >= 0.3 is 12.1 Å². The van der Waals surface area contributed by atoms with Crippen molar-refractivity contribution in [2.75, 3.05) is 19.7 Å². The number of ether oxygens (including phenoxy) is 1. The largest absolute Gasteiger partial charge is 0.480 e. The lowest BCUT2D eigenvalue weighted by molar-refractivity contribution is -0.145. The maximum Gasteiger partial charge on any atom is 0.411 e. The van der Waals surface area contributed by atoms with Crippen LogP contribution in [0.3, 0.4) is 0 Å². The second-order valence-electron chi connectivity index (χ2n) is 3.15. The average Bonchev–Trinajstić information content (AvgIpc) is 2.25. The summed E-state index contributed by atoms with van der Waals surface area (Å²) < 4.78 is 4.68. The fourth-order valence-corrected chi connectivity index (χ4v) is 1.27. The van der Waals surface area contributed by atoms with Gasteiger partial charge in [-0.1, -0.05) is 12.7 Å². The SMILES string of the molecule is C=CCOC(=O)N1CC(=O)NCC1C(=O)O. The number of carbonyl (C=O) groups is 3. The van der Waals surface area contributed by atoms with Gasteiger partial charge in [-0.15, -0.1) is 0 Å². The van der Waals surface area contributed by atoms with Crippen molar-refractivity contribution in [1.82, 2.24) is 10.2 Å². The molecule has 0 aromatic rings. The normalized spacial score (nSPS) is 19.9. The highest BCUT2D eigenvalue weighted by Gasteiger charge is 2.35. The number of hydrogen-bond donors (Lipinski definition) is 2. The number of hydrogen-bond acceptors (Lipinski definition) is 4. The highest BCUT2D eigenvalue weighted by molar-refractivity contribution is 5.89. The lowest BCUT2D eigenvalue weighted by Gasteiger charge is -2.31. The van der Waals surface area contributed by atoms with Gasteiger partial charge in [-0.2, -0.15) is 0 Å². The van der Waals surface area contributed by atoms with Crippen LogP contribution in [0.15, 0.2) is 12.7 Å². The molecule has 0 radical (unpaired) electrons. The molecule has 7 nitrogen and oxygen atoms in total. The summed E-state index contributed by atoms with van der Waals surface area (Å²) >= 11 is 0. The van der Waals surface area contributed by atoms with Crippen molar-refractivity contribution in [3.05, 3.63) is 12.7 Å². The number of carboxylic acid groups (broad SMARTS) is 1. The van der Waals surface area contributed by atoms with Crippen molar-refractivity contribution in [3.63, 3.8) is 0 Å². The van der Waals surface area contributed by atoms with Crippen molar-refractivity contribution in [3.8, 4) is 0 Å². The van der Waals surface area contributed by atoms with Gasteiger partial charge in [-0.3, -0.25) is 9.69 Å². The lowest BCUT2D eigenvalue weighted by atomic mass is 10.2. The molecule has 0 aliphatic carbocycles. The molecule has 0 saturated carbocycles. The van der Waals surface area contributed by atoms with Gasteiger partial charge < -0.3 is 15.2 Å². The van der Waals surface area contributed by atoms with Gasteiger partial charge in [0.2, 0.25) is 5.91 Å². The molecule has 1 aliphatic heterocycles. The molecular weight excluding hydrogens is 216 g/mol. The Hall–Kier alpha value is -2.05. The number of piperazine rings is 1. The number of carbonyl (C=O) groups excluding carboxylic acids is 2. The monoisotopic (exact) mass is 228 g/mol. The first kappa shape index (κ1) is 12.0. The summed E-state index contributed by atoms with van der Waals surface area (Å²) in [5.41, 5.74) is 0. The summed E-state index contributed by atoms with van der Waals surface area (Å²) in [6.45, 7) is 2.90. The zero-order valence-corrected chi connectivity index (χ0v) is 8.51. The summed E-state index contributed by atoms with van der Waals surface area (Å²) in [7, 11) is 0. The van der Waals surface area contributed by atoms with Gasteiger partial charge in [-0.05, 0) is 0 Å². The summed E-state index contributed by atoms with van der Waals surface area (Å²) in [6.07, 6.45) is 0.527. The Morgan fingerprint density at radius 1 is 1.69 bits per heavy atom. The zero-order chi connectivity index (χ0) is 12.1. The van der Waals surface area contributed by atoms with E-state index in [0.29, 0.717) is 0 Å². The van der Waals surface area contributed by atoms with Gasteiger partial charge in [0.15, 0.2) is 6.04 Å². The summed E-state index contributed by atoms with van der Waals surface area (Å²) in [5.74, 6) is -1.59. The molecule has 1 fully saturated rings. The molecule has 1 saturated heterocycles. The van der Waals surface area contributed by atoms with E-state index in [1.54, 1.807) is 0 Å². The number of rotatable bonds is 3. The first-order valence-corrected chi connectivity index (χ1v) is 4.60. The van der Waals surface area contributed by atoms with Crippen LogP contribution in [0.5, 0.6) is 0 Å².